The second kappa shape index (κ2) is 13.2. The first-order valence-corrected chi connectivity index (χ1v) is 8.73. The van der Waals surface area contributed by atoms with Gasteiger partial charge < -0.3 is 20.7 Å². The monoisotopic (exact) mass is 334 g/mol. The van der Waals surface area contributed by atoms with Crippen LogP contribution in [-0.2, 0) is 4.79 Å². The highest BCUT2D eigenvalue weighted by molar-refractivity contribution is 5.81. The van der Waals surface area contributed by atoms with E-state index in [1.807, 2.05) is 44.2 Å². The lowest BCUT2D eigenvalue weighted by atomic mass is 10.3. The lowest BCUT2D eigenvalue weighted by Gasteiger charge is -2.11. The first kappa shape index (κ1) is 19.8. The van der Waals surface area contributed by atoms with Gasteiger partial charge in [0.2, 0.25) is 5.91 Å². The first-order chi connectivity index (χ1) is 11.8. The Morgan fingerprint density at radius 2 is 1.88 bits per heavy atom. The number of hydrogen-bond donors (Lipinski definition) is 3. The van der Waals surface area contributed by atoms with Crippen LogP contribution in [0.25, 0.3) is 0 Å². The molecule has 0 bridgehead atoms. The summed E-state index contributed by atoms with van der Waals surface area (Å²) in [6, 6.07) is 9.76. The summed E-state index contributed by atoms with van der Waals surface area (Å²) < 4.78 is 5.63. The quantitative estimate of drug-likeness (QED) is 0.328. The molecule has 1 amide bonds. The molecule has 1 aromatic carbocycles. The first-order valence-electron chi connectivity index (χ1n) is 8.73. The minimum Gasteiger partial charge on any atom is -0.494 e. The van der Waals surface area contributed by atoms with Crippen LogP contribution >= 0.6 is 0 Å². The summed E-state index contributed by atoms with van der Waals surface area (Å²) in [5.41, 5.74) is 0. The average molecular weight is 334 g/mol. The Morgan fingerprint density at radius 3 is 2.58 bits per heavy atom. The van der Waals surface area contributed by atoms with Crippen molar-refractivity contribution in [3.8, 4) is 5.75 Å². The van der Waals surface area contributed by atoms with Gasteiger partial charge in [0, 0.05) is 39.0 Å². The molecule has 0 spiro atoms. The molecule has 3 N–H and O–H groups in total. The van der Waals surface area contributed by atoms with Crippen LogP contribution in [0.3, 0.4) is 0 Å². The molecule has 24 heavy (non-hydrogen) atoms. The van der Waals surface area contributed by atoms with Crippen LogP contribution in [0.15, 0.2) is 35.3 Å². The van der Waals surface area contributed by atoms with Gasteiger partial charge in [0.1, 0.15) is 5.75 Å². The number of nitrogens with one attached hydrogen (secondary N) is 3. The highest BCUT2D eigenvalue weighted by Gasteiger charge is 2.01. The predicted molar refractivity (Wildman–Crippen MR) is 98.5 cm³/mol. The van der Waals surface area contributed by atoms with E-state index in [-0.39, 0.29) is 5.91 Å². The Labute approximate surface area is 145 Å². The van der Waals surface area contributed by atoms with Crippen LogP contribution in [0.1, 0.15) is 33.1 Å². The molecule has 1 aromatic rings. The molecule has 0 aliphatic heterocycles. The number of carbonyl (C=O) groups is 1. The zero-order valence-corrected chi connectivity index (χ0v) is 14.8. The Bertz CT molecular complexity index is 477. The Hall–Kier alpha value is -2.24. The number of benzene rings is 1. The van der Waals surface area contributed by atoms with E-state index >= 15 is 0 Å². The summed E-state index contributed by atoms with van der Waals surface area (Å²) in [5.74, 6) is 1.68. The third-order valence-corrected chi connectivity index (χ3v) is 3.15. The average Bonchev–Trinajstić information content (AvgIpc) is 2.60. The Kier molecular flexibility index (Phi) is 10.9. The molecule has 0 aliphatic rings. The summed E-state index contributed by atoms with van der Waals surface area (Å²) >= 11 is 0. The van der Waals surface area contributed by atoms with E-state index in [0.717, 1.165) is 37.6 Å². The molecular weight excluding hydrogens is 304 g/mol. The zero-order valence-electron chi connectivity index (χ0n) is 14.8. The summed E-state index contributed by atoms with van der Waals surface area (Å²) in [4.78, 5) is 16.0. The molecule has 0 fully saturated rings. The molecular formula is C18H30N4O2. The van der Waals surface area contributed by atoms with Gasteiger partial charge in [-0.05, 0) is 25.5 Å². The summed E-state index contributed by atoms with van der Waals surface area (Å²) in [6.07, 6.45) is 2.23. The number of amides is 1. The number of aliphatic imine (C=N–C) groups is 1. The lowest BCUT2D eigenvalue weighted by Crippen LogP contribution is -2.39. The van der Waals surface area contributed by atoms with Crippen molar-refractivity contribution in [1.82, 2.24) is 16.0 Å². The van der Waals surface area contributed by atoms with E-state index in [1.54, 1.807) is 0 Å². The van der Waals surface area contributed by atoms with E-state index < -0.39 is 0 Å². The molecule has 0 saturated heterocycles. The van der Waals surface area contributed by atoms with Gasteiger partial charge in [-0.25, -0.2) is 0 Å². The fourth-order valence-corrected chi connectivity index (χ4v) is 1.95. The zero-order chi connectivity index (χ0) is 17.5. The van der Waals surface area contributed by atoms with Crippen molar-refractivity contribution in [1.29, 1.82) is 0 Å². The second-order valence-electron chi connectivity index (χ2n) is 5.30. The largest absolute Gasteiger partial charge is 0.494 e. The maximum Gasteiger partial charge on any atom is 0.221 e. The molecule has 0 aliphatic carbocycles. The van der Waals surface area contributed by atoms with Gasteiger partial charge in [0.25, 0.3) is 0 Å². The highest BCUT2D eigenvalue weighted by Crippen LogP contribution is 2.08. The number of carbonyl (C=O) groups excluding carboxylic acids is 1. The van der Waals surface area contributed by atoms with Gasteiger partial charge in [0.05, 0.1) is 6.61 Å². The fourth-order valence-electron chi connectivity index (χ4n) is 1.95. The number of para-hydroxylation sites is 1. The molecule has 1 rings (SSSR count). The molecule has 0 aromatic heterocycles. The Balaban J connectivity index is 2.20. The van der Waals surface area contributed by atoms with Crippen LogP contribution in [-0.4, -0.2) is 44.7 Å². The third-order valence-electron chi connectivity index (χ3n) is 3.15. The SMILES string of the molecule is CCCNC(=O)CCNC(=NCCCOc1ccccc1)NCC. The number of guanidine groups is 1. The molecule has 0 atom stereocenters. The van der Waals surface area contributed by atoms with Gasteiger partial charge in [-0.2, -0.15) is 0 Å². The minimum absolute atomic E-state index is 0.0662. The van der Waals surface area contributed by atoms with E-state index in [0.29, 0.717) is 26.1 Å². The summed E-state index contributed by atoms with van der Waals surface area (Å²) in [7, 11) is 0. The molecule has 6 heteroatoms. The summed E-state index contributed by atoms with van der Waals surface area (Å²) in [6.45, 7) is 7.45. The predicted octanol–water partition coefficient (Wildman–Crippen LogP) is 1.93. The number of rotatable bonds is 11. The second-order valence-corrected chi connectivity index (χ2v) is 5.30. The smallest absolute Gasteiger partial charge is 0.221 e. The Morgan fingerprint density at radius 1 is 1.08 bits per heavy atom. The van der Waals surface area contributed by atoms with Crippen molar-refractivity contribution in [2.75, 3.05) is 32.8 Å². The van der Waals surface area contributed by atoms with Crippen LogP contribution in [0.5, 0.6) is 5.75 Å². The van der Waals surface area contributed by atoms with Gasteiger partial charge >= 0.3 is 0 Å². The van der Waals surface area contributed by atoms with Gasteiger partial charge in [-0.1, -0.05) is 25.1 Å². The molecule has 0 radical (unpaired) electrons. The van der Waals surface area contributed by atoms with Crippen LogP contribution in [0, 0.1) is 0 Å². The molecule has 134 valence electrons. The maximum atomic E-state index is 11.5. The molecule has 6 nitrogen and oxygen atoms in total. The lowest BCUT2D eigenvalue weighted by molar-refractivity contribution is -0.120. The molecule has 0 saturated carbocycles. The van der Waals surface area contributed by atoms with Crippen LogP contribution in [0.4, 0.5) is 0 Å². The van der Waals surface area contributed by atoms with Crippen molar-refractivity contribution in [3.05, 3.63) is 30.3 Å². The van der Waals surface area contributed by atoms with E-state index in [1.165, 1.54) is 0 Å². The minimum atomic E-state index is 0.0662. The van der Waals surface area contributed by atoms with Crippen LogP contribution in [0.2, 0.25) is 0 Å². The van der Waals surface area contributed by atoms with Crippen molar-refractivity contribution in [2.24, 2.45) is 4.99 Å². The van der Waals surface area contributed by atoms with E-state index in [9.17, 15) is 4.79 Å². The maximum absolute atomic E-state index is 11.5. The number of ether oxygens (including phenoxy) is 1. The fraction of sp³-hybridized carbons (Fsp3) is 0.556. The van der Waals surface area contributed by atoms with Gasteiger partial charge in [-0.15, -0.1) is 0 Å². The van der Waals surface area contributed by atoms with Crippen LogP contribution < -0.4 is 20.7 Å². The highest BCUT2D eigenvalue weighted by atomic mass is 16.5. The van der Waals surface area contributed by atoms with Crippen molar-refractivity contribution in [2.45, 2.75) is 33.1 Å². The third kappa shape index (κ3) is 9.71. The van der Waals surface area contributed by atoms with E-state index in [2.05, 4.69) is 20.9 Å². The standard InChI is InChI=1S/C18H30N4O2/c1-3-12-20-17(23)11-14-22-18(19-4-2)21-13-8-15-24-16-9-6-5-7-10-16/h5-7,9-10H,3-4,8,11-15H2,1-2H3,(H,20,23)(H2,19,21,22). The van der Waals surface area contributed by atoms with Crippen molar-refractivity contribution >= 4 is 11.9 Å². The van der Waals surface area contributed by atoms with Gasteiger partial charge in [0.15, 0.2) is 5.96 Å². The number of hydrogen-bond acceptors (Lipinski definition) is 3. The summed E-state index contributed by atoms with van der Waals surface area (Å²) in [5, 5.41) is 9.21. The van der Waals surface area contributed by atoms with Crippen molar-refractivity contribution in [3.63, 3.8) is 0 Å². The molecule has 0 heterocycles. The molecule has 0 unspecified atom stereocenters. The van der Waals surface area contributed by atoms with Gasteiger partial charge in [-0.3, -0.25) is 9.79 Å². The van der Waals surface area contributed by atoms with E-state index in [4.69, 9.17) is 4.74 Å². The van der Waals surface area contributed by atoms with Crippen molar-refractivity contribution < 1.29 is 9.53 Å². The number of nitrogens with zero attached hydrogens (tertiary/aromatic N) is 1. The normalized spacial score (nSPS) is 11.0. The topological polar surface area (TPSA) is 74.8 Å².